The third kappa shape index (κ3) is 7.55. The van der Waals surface area contributed by atoms with Gasteiger partial charge in [-0.05, 0) is 48.5 Å². The van der Waals surface area contributed by atoms with Crippen LogP contribution in [-0.4, -0.2) is 32.0 Å². The summed E-state index contributed by atoms with van der Waals surface area (Å²) in [6.45, 7) is 7.22. The zero-order valence-electron chi connectivity index (χ0n) is 16.9. The Morgan fingerprint density at radius 3 is 1.70 bits per heavy atom. The maximum Gasteiger partial charge on any atom is 0.330 e. The van der Waals surface area contributed by atoms with E-state index in [0.29, 0.717) is 34.0 Å². The maximum atomic E-state index is 5.93. The number of rotatable bonds is 8. The zero-order chi connectivity index (χ0) is 21.6. The van der Waals surface area contributed by atoms with Crippen LogP contribution in [0.4, 0.5) is 5.95 Å². The predicted molar refractivity (Wildman–Crippen MR) is 124 cm³/mol. The predicted octanol–water partition coefficient (Wildman–Crippen LogP) is 6.71. The minimum absolute atomic E-state index is 0.113. The number of aromatic nitrogens is 3. The number of hydrogen-bond acceptors (Lipinski definition) is 7. The molecule has 3 aromatic rings. The van der Waals surface area contributed by atoms with E-state index in [0.717, 1.165) is 5.75 Å². The summed E-state index contributed by atoms with van der Waals surface area (Å²) in [5.74, 6) is 2.37. The molecule has 158 valence electrons. The van der Waals surface area contributed by atoms with Crippen molar-refractivity contribution >= 4 is 40.9 Å². The quantitative estimate of drug-likeness (QED) is 0.371. The van der Waals surface area contributed by atoms with E-state index in [1.54, 1.807) is 48.5 Å². The van der Waals surface area contributed by atoms with Crippen molar-refractivity contribution in [1.29, 1.82) is 0 Å². The average molecular weight is 465 g/mol. The Kier molecular flexibility index (Phi) is 7.64. The van der Waals surface area contributed by atoms with Crippen molar-refractivity contribution in [2.24, 2.45) is 0 Å². The highest BCUT2D eigenvalue weighted by Crippen LogP contribution is 2.26. The summed E-state index contributed by atoms with van der Waals surface area (Å²) in [6.07, 6.45) is 0. The van der Waals surface area contributed by atoms with E-state index in [4.69, 9.17) is 32.7 Å². The van der Waals surface area contributed by atoms with Crippen molar-refractivity contribution in [3.63, 3.8) is 0 Å². The first-order valence-electron chi connectivity index (χ1n) is 9.28. The van der Waals surface area contributed by atoms with Gasteiger partial charge >= 0.3 is 12.0 Å². The third-order valence-corrected chi connectivity index (χ3v) is 5.34. The van der Waals surface area contributed by atoms with Crippen molar-refractivity contribution in [3.05, 3.63) is 58.6 Å². The van der Waals surface area contributed by atoms with E-state index in [1.807, 2.05) is 11.8 Å². The Morgan fingerprint density at radius 1 is 0.800 bits per heavy atom. The first-order valence-corrected chi connectivity index (χ1v) is 11.0. The maximum absolute atomic E-state index is 5.93. The van der Waals surface area contributed by atoms with Gasteiger partial charge in [0.1, 0.15) is 11.5 Å². The lowest BCUT2D eigenvalue weighted by Crippen LogP contribution is -2.14. The molecule has 0 aliphatic heterocycles. The zero-order valence-corrected chi connectivity index (χ0v) is 19.2. The summed E-state index contributed by atoms with van der Waals surface area (Å²) in [4.78, 5) is 12.9. The second kappa shape index (κ2) is 10.2. The lowest BCUT2D eigenvalue weighted by molar-refractivity contribution is 0.398. The standard InChI is InChI=1S/C21H22Cl2N4O2S/c1-21(2,3)30-13-12-24-18-25-19(28-16-8-4-14(22)5-9-16)27-20(26-18)29-17-10-6-15(23)7-11-17/h4-11H,12-13H2,1-3H3,(H,24,25,26,27). The molecule has 0 fully saturated rings. The molecule has 0 radical (unpaired) electrons. The molecule has 0 spiro atoms. The molecule has 0 bridgehead atoms. The highest BCUT2D eigenvalue weighted by atomic mass is 35.5. The summed E-state index contributed by atoms with van der Waals surface area (Å²) < 4.78 is 11.7. The van der Waals surface area contributed by atoms with Crippen LogP contribution in [0.15, 0.2) is 48.5 Å². The van der Waals surface area contributed by atoms with Crippen LogP contribution in [0.2, 0.25) is 10.0 Å². The van der Waals surface area contributed by atoms with Gasteiger partial charge in [-0.25, -0.2) is 0 Å². The van der Waals surface area contributed by atoms with Crippen molar-refractivity contribution in [2.75, 3.05) is 17.6 Å². The van der Waals surface area contributed by atoms with E-state index in [2.05, 4.69) is 41.0 Å². The van der Waals surface area contributed by atoms with Crippen LogP contribution >= 0.6 is 35.0 Å². The molecule has 0 aliphatic carbocycles. The number of thioether (sulfide) groups is 1. The van der Waals surface area contributed by atoms with Gasteiger partial charge in [0.15, 0.2) is 0 Å². The number of nitrogens with one attached hydrogen (secondary N) is 1. The fraction of sp³-hybridized carbons (Fsp3) is 0.286. The highest BCUT2D eigenvalue weighted by molar-refractivity contribution is 8.00. The van der Waals surface area contributed by atoms with E-state index >= 15 is 0 Å². The van der Waals surface area contributed by atoms with Crippen LogP contribution in [-0.2, 0) is 0 Å². The number of hydrogen-bond donors (Lipinski definition) is 1. The van der Waals surface area contributed by atoms with Gasteiger partial charge in [-0.15, -0.1) is 4.98 Å². The van der Waals surface area contributed by atoms with Crippen LogP contribution in [0, 0.1) is 0 Å². The molecule has 0 saturated heterocycles. The van der Waals surface area contributed by atoms with E-state index in [9.17, 15) is 0 Å². The molecule has 0 aliphatic rings. The molecule has 1 aromatic heterocycles. The van der Waals surface area contributed by atoms with E-state index in [1.165, 1.54) is 0 Å². The van der Waals surface area contributed by atoms with E-state index in [-0.39, 0.29) is 16.8 Å². The summed E-state index contributed by atoms with van der Waals surface area (Å²) in [5, 5.41) is 4.43. The minimum Gasteiger partial charge on any atom is -0.424 e. The van der Waals surface area contributed by atoms with Crippen molar-refractivity contribution < 1.29 is 9.47 Å². The Morgan fingerprint density at radius 2 is 1.27 bits per heavy atom. The first kappa shape index (κ1) is 22.5. The van der Waals surface area contributed by atoms with E-state index < -0.39 is 0 Å². The van der Waals surface area contributed by atoms with Crippen LogP contribution in [0.3, 0.4) is 0 Å². The van der Waals surface area contributed by atoms with Crippen LogP contribution in [0.25, 0.3) is 0 Å². The van der Waals surface area contributed by atoms with Crippen molar-refractivity contribution in [3.8, 4) is 23.5 Å². The summed E-state index contributed by atoms with van der Waals surface area (Å²) >= 11 is 13.7. The molecule has 0 saturated carbocycles. The molecule has 0 atom stereocenters. The summed E-state index contributed by atoms with van der Waals surface area (Å²) in [5.41, 5.74) is 0. The van der Waals surface area contributed by atoms with Crippen LogP contribution in [0.1, 0.15) is 20.8 Å². The monoisotopic (exact) mass is 464 g/mol. The van der Waals surface area contributed by atoms with Gasteiger partial charge in [-0.1, -0.05) is 44.0 Å². The Balaban J connectivity index is 1.77. The molecule has 0 unspecified atom stereocenters. The van der Waals surface area contributed by atoms with Crippen LogP contribution < -0.4 is 14.8 Å². The number of anilines is 1. The molecule has 0 amide bonds. The Labute approximate surface area is 190 Å². The van der Waals surface area contributed by atoms with Crippen molar-refractivity contribution in [2.45, 2.75) is 25.5 Å². The number of nitrogens with zero attached hydrogens (tertiary/aromatic N) is 3. The van der Waals surface area contributed by atoms with Gasteiger partial charge in [-0.3, -0.25) is 0 Å². The Bertz CT molecular complexity index is 898. The fourth-order valence-corrected chi connectivity index (χ4v) is 3.31. The molecule has 3 rings (SSSR count). The normalized spacial score (nSPS) is 11.2. The van der Waals surface area contributed by atoms with Gasteiger partial charge in [-0.2, -0.15) is 21.7 Å². The minimum atomic E-state index is 0.113. The molecule has 30 heavy (non-hydrogen) atoms. The van der Waals surface area contributed by atoms with Crippen molar-refractivity contribution in [1.82, 2.24) is 15.0 Å². The molecular formula is C21H22Cl2N4O2S. The third-order valence-electron chi connectivity index (χ3n) is 3.56. The second-order valence-electron chi connectivity index (χ2n) is 7.22. The van der Waals surface area contributed by atoms with Gasteiger partial charge in [0.2, 0.25) is 5.95 Å². The molecule has 1 heterocycles. The topological polar surface area (TPSA) is 69.2 Å². The first-order chi connectivity index (χ1) is 14.3. The summed E-state index contributed by atoms with van der Waals surface area (Å²) in [7, 11) is 0. The molecule has 9 heteroatoms. The van der Waals surface area contributed by atoms with Gasteiger partial charge in [0.25, 0.3) is 0 Å². The SMILES string of the molecule is CC(C)(C)SCCNc1nc(Oc2ccc(Cl)cc2)nc(Oc2ccc(Cl)cc2)n1. The van der Waals surface area contributed by atoms with Gasteiger partial charge in [0, 0.05) is 27.1 Å². The molecule has 1 N–H and O–H groups in total. The Hall–Kier alpha value is -2.22. The lowest BCUT2D eigenvalue weighted by Gasteiger charge is -2.17. The smallest absolute Gasteiger partial charge is 0.330 e. The number of halogens is 2. The molecule has 2 aromatic carbocycles. The lowest BCUT2D eigenvalue weighted by atomic mass is 10.3. The van der Waals surface area contributed by atoms with Crippen LogP contribution in [0.5, 0.6) is 23.5 Å². The largest absolute Gasteiger partial charge is 0.424 e. The second-order valence-corrected chi connectivity index (χ2v) is 10.0. The number of benzene rings is 2. The number of ether oxygens (including phenoxy) is 2. The average Bonchev–Trinajstić information content (AvgIpc) is 2.68. The highest BCUT2D eigenvalue weighted by Gasteiger charge is 2.13. The fourth-order valence-electron chi connectivity index (χ4n) is 2.24. The van der Waals surface area contributed by atoms with Gasteiger partial charge < -0.3 is 14.8 Å². The molecule has 6 nitrogen and oxygen atoms in total. The molecular weight excluding hydrogens is 443 g/mol. The summed E-state index contributed by atoms with van der Waals surface area (Å²) in [6, 6.07) is 14.1. The van der Waals surface area contributed by atoms with Gasteiger partial charge in [0.05, 0.1) is 0 Å².